The molecule has 3 N–H and O–H groups in total. The van der Waals surface area contributed by atoms with Crippen LogP contribution in [0, 0.1) is 0 Å². The molecule has 3 aromatic rings. The van der Waals surface area contributed by atoms with E-state index in [1.54, 1.807) is 24.3 Å². The van der Waals surface area contributed by atoms with Gasteiger partial charge in [0.05, 0.1) is 11.3 Å². The number of fused-ring (bicyclic) bond motifs is 1. The van der Waals surface area contributed by atoms with Crippen LogP contribution in [0.4, 0.5) is 11.6 Å². The highest BCUT2D eigenvalue weighted by Crippen LogP contribution is 2.20. The predicted molar refractivity (Wildman–Crippen MR) is 101 cm³/mol. The molecule has 0 aliphatic carbocycles. The standard InChI is InChI=1S/C20H20N4O2/c25-16-8-6-15(7-9-16)21-20-22-18-10-11-24(13-17(18)19(26)23-20)12-14-4-2-1-3-5-14/h1-9,25H,10-13H2,(H2,21,22,23,26). The summed E-state index contributed by atoms with van der Waals surface area (Å²) in [4.78, 5) is 22.2. The van der Waals surface area contributed by atoms with Gasteiger partial charge >= 0.3 is 0 Å². The number of aromatic hydroxyl groups is 1. The molecule has 26 heavy (non-hydrogen) atoms. The minimum Gasteiger partial charge on any atom is -0.508 e. The van der Waals surface area contributed by atoms with E-state index >= 15 is 0 Å². The molecule has 0 atom stereocenters. The highest BCUT2D eigenvalue weighted by Gasteiger charge is 2.21. The van der Waals surface area contributed by atoms with Gasteiger partial charge in [-0.15, -0.1) is 0 Å². The number of phenols is 1. The molecule has 1 aromatic heterocycles. The summed E-state index contributed by atoms with van der Waals surface area (Å²) in [6, 6.07) is 16.9. The van der Waals surface area contributed by atoms with Gasteiger partial charge in [0.2, 0.25) is 5.95 Å². The zero-order valence-corrected chi connectivity index (χ0v) is 14.3. The Hall–Kier alpha value is -3.12. The molecule has 1 aliphatic rings. The highest BCUT2D eigenvalue weighted by atomic mass is 16.3. The van der Waals surface area contributed by atoms with Crippen molar-refractivity contribution >= 4 is 11.6 Å². The van der Waals surface area contributed by atoms with E-state index < -0.39 is 0 Å². The number of aromatic amines is 1. The lowest BCUT2D eigenvalue weighted by Crippen LogP contribution is -2.35. The normalized spacial score (nSPS) is 14.0. The number of anilines is 2. The molecular formula is C20H20N4O2. The van der Waals surface area contributed by atoms with E-state index in [-0.39, 0.29) is 11.3 Å². The van der Waals surface area contributed by atoms with Gasteiger partial charge in [-0.1, -0.05) is 30.3 Å². The molecule has 0 amide bonds. The number of rotatable bonds is 4. The molecule has 0 bridgehead atoms. The van der Waals surface area contributed by atoms with E-state index in [9.17, 15) is 9.90 Å². The van der Waals surface area contributed by atoms with Crippen LogP contribution in [0.3, 0.4) is 0 Å². The number of phenolic OH excluding ortho intramolecular Hbond substituents is 1. The van der Waals surface area contributed by atoms with Crippen molar-refractivity contribution < 1.29 is 5.11 Å². The third kappa shape index (κ3) is 3.60. The Balaban J connectivity index is 1.51. The van der Waals surface area contributed by atoms with E-state index in [1.165, 1.54) is 5.56 Å². The van der Waals surface area contributed by atoms with Crippen molar-refractivity contribution in [3.8, 4) is 5.75 Å². The second kappa shape index (κ2) is 7.01. The summed E-state index contributed by atoms with van der Waals surface area (Å²) < 4.78 is 0. The maximum atomic E-state index is 12.5. The third-order valence-corrected chi connectivity index (χ3v) is 4.53. The molecule has 4 rings (SSSR count). The monoisotopic (exact) mass is 348 g/mol. The Labute approximate surface area is 151 Å². The minimum absolute atomic E-state index is 0.103. The summed E-state index contributed by atoms with van der Waals surface area (Å²) in [6.07, 6.45) is 0.746. The van der Waals surface area contributed by atoms with Crippen LogP contribution in [0.2, 0.25) is 0 Å². The maximum absolute atomic E-state index is 12.5. The SMILES string of the molecule is O=c1[nH]c(Nc2ccc(O)cc2)nc2c1CN(Cc1ccccc1)CC2. The van der Waals surface area contributed by atoms with Crippen LogP contribution in [0.15, 0.2) is 59.4 Å². The largest absolute Gasteiger partial charge is 0.508 e. The van der Waals surface area contributed by atoms with E-state index in [1.807, 2.05) is 18.2 Å². The zero-order chi connectivity index (χ0) is 17.9. The van der Waals surface area contributed by atoms with Crippen LogP contribution in [-0.4, -0.2) is 26.5 Å². The summed E-state index contributed by atoms with van der Waals surface area (Å²) in [5.41, 5.74) is 3.48. The van der Waals surface area contributed by atoms with Crippen LogP contribution < -0.4 is 10.9 Å². The predicted octanol–water partition coefficient (Wildman–Crippen LogP) is 2.78. The molecule has 0 saturated carbocycles. The average Bonchev–Trinajstić information content (AvgIpc) is 2.65. The van der Waals surface area contributed by atoms with Crippen molar-refractivity contribution in [3.63, 3.8) is 0 Å². The number of H-pyrrole nitrogens is 1. The lowest BCUT2D eigenvalue weighted by molar-refractivity contribution is 0.242. The van der Waals surface area contributed by atoms with Crippen molar-refractivity contribution in [2.45, 2.75) is 19.5 Å². The summed E-state index contributed by atoms with van der Waals surface area (Å²) in [5, 5.41) is 12.4. The first-order valence-electron chi connectivity index (χ1n) is 8.62. The quantitative estimate of drug-likeness (QED) is 0.632. The molecule has 0 fully saturated rings. The zero-order valence-electron chi connectivity index (χ0n) is 14.3. The van der Waals surface area contributed by atoms with Gasteiger partial charge in [-0.3, -0.25) is 14.7 Å². The van der Waals surface area contributed by atoms with Crippen molar-refractivity contribution in [2.24, 2.45) is 0 Å². The van der Waals surface area contributed by atoms with Gasteiger partial charge in [0.15, 0.2) is 0 Å². The van der Waals surface area contributed by atoms with Crippen LogP contribution in [0.25, 0.3) is 0 Å². The van der Waals surface area contributed by atoms with Crippen molar-refractivity contribution in [1.82, 2.24) is 14.9 Å². The number of hydrogen-bond donors (Lipinski definition) is 3. The van der Waals surface area contributed by atoms with Crippen molar-refractivity contribution in [2.75, 3.05) is 11.9 Å². The molecule has 1 aliphatic heterocycles. The number of benzene rings is 2. The fraction of sp³-hybridized carbons (Fsp3) is 0.200. The first-order chi connectivity index (χ1) is 12.7. The second-order valence-electron chi connectivity index (χ2n) is 6.46. The van der Waals surface area contributed by atoms with Gasteiger partial charge in [0, 0.05) is 31.7 Å². The molecule has 2 aromatic carbocycles. The lowest BCUT2D eigenvalue weighted by atomic mass is 10.1. The fourth-order valence-electron chi connectivity index (χ4n) is 3.20. The second-order valence-corrected chi connectivity index (χ2v) is 6.46. The fourth-order valence-corrected chi connectivity index (χ4v) is 3.20. The Morgan fingerprint density at radius 3 is 2.65 bits per heavy atom. The Morgan fingerprint density at radius 1 is 1.12 bits per heavy atom. The van der Waals surface area contributed by atoms with Gasteiger partial charge in [0.25, 0.3) is 5.56 Å². The summed E-state index contributed by atoms with van der Waals surface area (Å²) in [7, 11) is 0. The van der Waals surface area contributed by atoms with E-state index in [0.717, 1.165) is 36.5 Å². The summed E-state index contributed by atoms with van der Waals surface area (Å²) in [5.74, 6) is 0.622. The van der Waals surface area contributed by atoms with Gasteiger partial charge in [-0.05, 0) is 29.8 Å². The molecule has 132 valence electrons. The summed E-state index contributed by atoms with van der Waals surface area (Å²) >= 11 is 0. The smallest absolute Gasteiger partial charge is 0.257 e. The van der Waals surface area contributed by atoms with Crippen molar-refractivity contribution in [1.29, 1.82) is 0 Å². The Bertz CT molecular complexity index is 952. The van der Waals surface area contributed by atoms with Gasteiger partial charge < -0.3 is 10.4 Å². The van der Waals surface area contributed by atoms with E-state index in [0.29, 0.717) is 12.5 Å². The Kier molecular flexibility index (Phi) is 4.41. The number of nitrogens with one attached hydrogen (secondary N) is 2. The van der Waals surface area contributed by atoms with Crippen LogP contribution in [-0.2, 0) is 19.5 Å². The highest BCUT2D eigenvalue weighted by molar-refractivity contribution is 5.54. The first-order valence-corrected chi connectivity index (χ1v) is 8.62. The molecule has 6 nitrogen and oxygen atoms in total. The Morgan fingerprint density at radius 2 is 1.88 bits per heavy atom. The van der Waals surface area contributed by atoms with Gasteiger partial charge in [-0.25, -0.2) is 4.98 Å². The number of aromatic nitrogens is 2. The van der Waals surface area contributed by atoms with Gasteiger partial charge in [-0.2, -0.15) is 0 Å². The van der Waals surface area contributed by atoms with Crippen LogP contribution in [0.1, 0.15) is 16.8 Å². The third-order valence-electron chi connectivity index (χ3n) is 4.53. The number of hydrogen-bond acceptors (Lipinski definition) is 5. The maximum Gasteiger partial charge on any atom is 0.257 e. The summed E-state index contributed by atoms with van der Waals surface area (Å²) in [6.45, 7) is 2.30. The van der Waals surface area contributed by atoms with Crippen molar-refractivity contribution in [3.05, 3.63) is 81.8 Å². The first kappa shape index (κ1) is 16.4. The minimum atomic E-state index is -0.103. The molecule has 6 heteroatoms. The lowest BCUT2D eigenvalue weighted by Gasteiger charge is -2.27. The molecule has 0 spiro atoms. The van der Waals surface area contributed by atoms with Gasteiger partial charge in [0.1, 0.15) is 5.75 Å². The molecule has 0 unspecified atom stereocenters. The molecule has 0 saturated heterocycles. The topological polar surface area (TPSA) is 81.2 Å². The van der Waals surface area contributed by atoms with E-state index in [4.69, 9.17) is 0 Å². The van der Waals surface area contributed by atoms with Crippen LogP contribution in [0.5, 0.6) is 5.75 Å². The molecular weight excluding hydrogens is 328 g/mol. The van der Waals surface area contributed by atoms with Crippen LogP contribution >= 0.6 is 0 Å². The molecule has 0 radical (unpaired) electrons. The average molecular weight is 348 g/mol. The molecule has 2 heterocycles. The number of nitrogens with zero attached hydrogens (tertiary/aromatic N) is 2. The van der Waals surface area contributed by atoms with E-state index in [2.05, 4.69) is 32.3 Å².